The number of hydrogen-bond donors (Lipinski definition) is 0. The molecule has 1 aromatic heterocycles. The topological polar surface area (TPSA) is 9.23 Å². The Balaban J connectivity index is 1.49. The highest BCUT2D eigenvalue weighted by Gasteiger charge is 2.06. The lowest BCUT2D eigenvalue weighted by molar-refractivity contribution is 0.0549. The Hall–Kier alpha value is -1.90. The molecule has 0 aliphatic rings. The average molecular weight is 322 g/mol. The van der Waals surface area contributed by atoms with Crippen LogP contribution in [0.25, 0.3) is 0 Å². The van der Waals surface area contributed by atoms with Crippen molar-refractivity contribution in [2.24, 2.45) is 0 Å². The summed E-state index contributed by atoms with van der Waals surface area (Å²) in [6.07, 6.45) is 2.33. The number of hydrogen-bond acceptors (Lipinski definition) is 2. The van der Waals surface area contributed by atoms with Gasteiger partial charge >= 0.3 is 0 Å². The zero-order chi connectivity index (χ0) is 15.9. The van der Waals surface area contributed by atoms with Crippen LogP contribution in [-0.2, 0) is 24.2 Å². The van der Waals surface area contributed by atoms with Crippen molar-refractivity contribution in [3.05, 3.63) is 93.7 Å². The van der Waals surface area contributed by atoms with Gasteiger partial charge in [0.2, 0.25) is 0 Å². The van der Waals surface area contributed by atoms with Gasteiger partial charge in [-0.15, -0.1) is 11.3 Å². The van der Waals surface area contributed by atoms with Crippen molar-refractivity contribution < 1.29 is 4.74 Å². The minimum atomic E-state index is 0.160. The quantitative estimate of drug-likeness (QED) is 0.533. The molecule has 0 saturated heterocycles. The van der Waals surface area contributed by atoms with Crippen molar-refractivity contribution in [1.29, 1.82) is 0 Å². The average Bonchev–Trinajstić information content (AvgIpc) is 3.14. The monoisotopic (exact) mass is 322 g/mol. The van der Waals surface area contributed by atoms with Crippen LogP contribution >= 0.6 is 11.3 Å². The predicted molar refractivity (Wildman–Crippen MR) is 97.8 cm³/mol. The van der Waals surface area contributed by atoms with E-state index in [0.717, 1.165) is 12.8 Å². The molecule has 0 N–H and O–H groups in total. The van der Waals surface area contributed by atoms with Crippen molar-refractivity contribution in [3.63, 3.8) is 0 Å². The highest BCUT2D eigenvalue weighted by molar-refractivity contribution is 7.10. The summed E-state index contributed by atoms with van der Waals surface area (Å²) in [5.74, 6) is 0. The first-order chi connectivity index (χ1) is 11.3. The van der Waals surface area contributed by atoms with Crippen LogP contribution in [0, 0.1) is 0 Å². The first-order valence-electron chi connectivity index (χ1n) is 8.08. The maximum absolute atomic E-state index is 5.95. The molecule has 1 nitrogen and oxygen atoms in total. The maximum atomic E-state index is 5.95. The Morgan fingerprint density at radius 2 is 1.43 bits per heavy atom. The second-order valence-electron chi connectivity index (χ2n) is 5.77. The van der Waals surface area contributed by atoms with E-state index in [1.165, 1.54) is 21.6 Å². The Labute approximate surface area is 142 Å². The van der Waals surface area contributed by atoms with E-state index in [4.69, 9.17) is 4.74 Å². The number of thiophene rings is 1. The van der Waals surface area contributed by atoms with Crippen LogP contribution in [0.5, 0.6) is 0 Å². The standard InChI is InChI=1S/C21H22OS/c1-17(21-8-5-15-23-21)22-16-20-13-11-19(12-14-20)10-9-18-6-3-2-4-7-18/h2-8,11-15,17H,9-10,16H2,1H3. The lowest BCUT2D eigenvalue weighted by Crippen LogP contribution is -1.99. The predicted octanol–water partition coefficient (Wildman–Crippen LogP) is 5.81. The van der Waals surface area contributed by atoms with Crippen LogP contribution in [0.1, 0.15) is 34.6 Å². The van der Waals surface area contributed by atoms with Gasteiger partial charge in [-0.1, -0.05) is 60.7 Å². The van der Waals surface area contributed by atoms with Gasteiger partial charge in [-0.25, -0.2) is 0 Å². The fraction of sp³-hybridized carbons (Fsp3) is 0.238. The summed E-state index contributed by atoms with van der Waals surface area (Å²) in [6, 6.07) is 23.6. The van der Waals surface area contributed by atoms with Crippen LogP contribution in [0.15, 0.2) is 72.1 Å². The normalized spacial score (nSPS) is 12.2. The van der Waals surface area contributed by atoms with Gasteiger partial charge in [-0.2, -0.15) is 0 Å². The molecule has 23 heavy (non-hydrogen) atoms. The summed E-state index contributed by atoms with van der Waals surface area (Å²) in [5.41, 5.74) is 4.01. The van der Waals surface area contributed by atoms with E-state index >= 15 is 0 Å². The lowest BCUT2D eigenvalue weighted by Gasteiger charge is -2.11. The first kappa shape index (κ1) is 16.0. The van der Waals surface area contributed by atoms with Crippen molar-refractivity contribution in [2.75, 3.05) is 0 Å². The Kier molecular flexibility index (Phi) is 5.62. The fourth-order valence-electron chi connectivity index (χ4n) is 2.56. The van der Waals surface area contributed by atoms with E-state index in [1.54, 1.807) is 11.3 Å². The minimum absolute atomic E-state index is 0.160. The molecule has 2 heteroatoms. The Bertz CT molecular complexity index is 686. The molecule has 0 radical (unpaired) electrons. The molecule has 0 amide bonds. The molecule has 2 aromatic carbocycles. The van der Waals surface area contributed by atoms with Gasteiger partial charge in [-0.05, 0) is 47.9 Å². The lowest BCUT2D eigenvalue weighted by atomic mass is 10.0. The molecule has 3 rings (SSSR count). The molecule has 0 saturated carbocycles. The second-order valence-corrected chi connectivity index (χ2v) is 6.75. The van der Waals surface area contributed by atoms with Crippen LogP contribution in [0.3, 0.4) is 0 Å². The molecule has 1 unspecified atom stereocenters. The molecular weight excluding hydrogens is 300 g/mol. The molecule has 1 atom stereocenters. The molecule has 0 fully saturated rings. The second kappa shape index (κ2) is 8.09. The molecule has 1 heterocycles. The Morgan fingerprint density at radius 1 is 0.783 bits per heavy atom. The molecule has 0 spiro atoms. The van der Waals surface area contributed by atoms with Gasteiger partial charge in [0, 0.05) is 4.88 Å². The third kappa shape index (κ3) is 4.78. The summed E-state index contributed by atoms with van der Waals surface area (Å²) in [7, 11) is 0. The summed E-state index contributed by atoms with van der Waals surface area (Å²) in [4.78, 5) is 1.28. The van der Waals surface area contributed by atoms with Crippen molar-refractivity contribution in [1.82, 2.24) is 0 Å². The summed E-state index contributed by atoms with van der Waals surface area (Å²) in [5, 5.41) is 2.09. The van der Waals surface area contributed by atoms with E-state index in [2.05, 4.69) is 79.0 Å². The smallest absolute Gasteiger partial charge is 0.0893 e. The van der Waals surface area contributed by atoms with Crippen LogP contribution in [-0.4, -0.2) is 0 Å². The molecular formula is C21H22OS. The Morgan fingerprint density at radius 3 is 2.09 bits per heavy atom. The summed E-state index contributed by atoms with van der Waals surface area (Å²) >= 11 is 1.75. The maximum Gasteiger partial charge on any atom is 0.0893 e. The molecule has 118 valence electrons. The minimum Gasteiger partial charge on any atom is -0.368 e. The van der Waals surface area contributed by atoms with Gasteiger partial charge in [0.15, 0.2) is 0 Å². The number of aryl methyl sites for hydroxylation is 2. The highest BCUT2D eigenvalue weighted by atomic mass is 32.1. The summed E-state index contributed by atoms with van der Waals surface area (Å²) in [6.45, 7) is 2.78. The fourth-order valence-corrected chi connectivity index (χ4v) is 3.29. The van der Waals surface area contributed by atoms with Crippen molar-refractivity contribution in [2.45, 2.75) is 32.5 Å². The van der Waals surface area contributed by atoms with E-state index < -0.39 is 0 Å². The summed E-state index contributed by atoms with van der Waals surface area (Å²) < 4.78 is 5.95. The third-order valence-electron chi connectivity index (χ3n) is 4.01. The molecule has 0 bridgehead atoms. The van der Waals surface area contributed by atoms with Gasteiger partial charge < -0.3 is 4.74 Å². The zero-order valence-corrected chi connectivity index (χ0v) is 14.3. The van der Waals surface area contributed by atoms with Crippen molar-refractivity contribution >= 4 is 11.3 Å². The van der Waals surface area contributed by atoms with Gasteiger partial charge in [-0.3, -0.25) is 0 Å². The molecule has 0 aliphatic carbocycles. The van der Waals surface area contributed by atoms with Crippen LogP contribution in [0.4, 0.5) is 0 Å². The van der Waals surface area contributed by atoms with E-state index in [1.807, 2.05) is 0 Å². The number of rotatable bonds is 7. The third-order valence-corrected chi connectivity index (χ3v) is 5.05. The highest BCUT2D eigenvalue weighted by Crippen LogP contribution is 2.23. The van der Waals surface area contributed by atoms with Gasteiger partial charge in [0.05, 0.1) is 12.7 Å². The van der Waals surface area contributed by atoms with Gasteiger partial charge in [0.1, 0.15) is 0 Å². The number of benzene rings is 2. The van der Waals surface area contributed by atoms with Crippen molar-refractivity contribution in [3.8, 4) is 0 Å². The van der Waals surface area contributed by atoms with E-state index in [0.29, 0.717) is 6.61 Å². The number of ether oxygens (including phenoxy) is 1. The van der Waals surface area contributed by atoms with E-state index in [9.17, 15) is 0 Å². The van der Waals surface area contributed by atoms with E-state index in [-0.39, 0.29) is 6.10 Å². The largest absolute Gasteiger partial charge is 0.368 e. The van der Waals surface area contributed by atoms with Gasteiger partial charge in [0.25, 0.3) is 0 Å². The zero-order valence-electron chi connectivity index (χ0n) is 13.4. The first-order valence-corrected chi connectivity index (χ1v) is 8.96. The van der Waals surface area contributed by atoms with Crippen LogP contribution < -0.4 is 0 Å². The van der Waals surface area contributed by atoms with Crippen LogP contribution in [0.2, 0.25) is 0 Å². The molecule has 3 aromatic rings. The molecule has 0 aliphatic heterocycles. The SMILES string of the molecule is CC(OCc1ccc(CCc2ccccc2)cc1)c1cccs1.